The number of phenols is 1. The highest BCUT2D eigenvalue weighted by molar-refractivity contribution is 5.47. The molecule has 19 heavy (non-hydrogen) atoms. The van der Waals surface area contributed by atoms with Gasteiger partial charge < -0.3 is 10.0 Å². The Bertz CT molecular complexity index is 510. The van der Waals surface area contributed by atoms with Gasteiger partial charge in [0.15, 0.2) is 0 Å². The molecule has 1 heterocycles. The Balaban J connectivity index is 2.21. The highest BCUT2D eigenvalue weighted by Crippen LogP contribution is 2.50. The van der Waals surface area contributed by atoms with Crippen LogP contribution in [-0.2, 0) is 11.8 Å². The van der Waals surface area contributed by atoms with Crippen molar-refractivity contribution in [2.24, 2.45) is 5.92 Å². The molecule has 0 spiro atoms. The van der Waals surface area contributed by atoms with Gasteiger partial charge in [-0.05, 0) is 61.9 Å². The molecular formula is C17H25NO. The zero-order valence-electron chi connectivity index (χ0n) is 12.5. The largest absolute Gasteiger partial charge is 0.508 e. The molecule has 1 aromatic carbocycles. The van der Waals surface area contributed by atoms with E-state index in [4.69, 9.17) is 0 Å². The number of hydrogen-bond donors (Lipinski definition) is 1. The van der Waals surface area contributed by atoms with Gasteiger partial charge in [-0.1, -0.05) is 19.9 Å². The third kappa shape index (κ3) is 1.73. The van der Waals surface area contributed by atoms with E-state index in [1.54, 1.807) is 0 Å². The molecule has 104 valence electrons. The van der Waals surface area contributed by atoms with Gasteiger partial charge in [-0.3, -0.25) is 0 Å². The van der Waals surface area contributed by atoms with Gasteiger partial charge in [0.1, 0.15) is 5.75 Å². The molecule has 0 saturated heterocycles. The second-order valence-corrected chi connectivity index (χ2v) is 6.80. The first kappa shape index (κ1) is 13.0. The maximum Gasteiger partial charge on any atom is 0.118 e. The summed E-state index contributed by atoms with van der Waals surface area (Å²) in [4.78, 5) is 2.54. The van der Waals surface area contributed by atoms with E-state index in [9.17, 15) is 5.11 Å². The molecule has 3 atom stereocenters. The van der Waals surface area contributed by atoms with E-state index in [2.05, 4.69) is 37.9 Å². The lowest BCUT2D eigenvalue weighted by Crippen LogP contribution is -2.45. The Hall–Kier alpha value is -1.02. The van der Waals surface area contributed by atoms with Crippen LogP contribution >= 0.6 is 0 Å². The maximum atomic E-state index is 10.1. The van der Waals surface area contributed by atoms with Crippen LogP contribution in [0.3, 0.4) is 0 Å². The minimum absolute atomic E-state index is 0.186. The molecule has 1 aliphatic heterocycles. The fourth-order valence-corrected chi connectivity index (χ4v) is 4.38. The zero-order valence-corrected chi connectivity index (χ0v) is 12.5. The van der Waals surface area contributed by atoms with E-state index in [1.807, 2.05) is 6.92 Å². The van der Waals surface area contributed by atoms with Crippen molar-refractivity contribution < 1.29 is 5.11 Å². The number of nitrogens with zero attached hydrogens (tertiary/aromatic N) is 1. The second kappa shape index (κ2) is 4.24. The molecule has 3 unspecified atom stereocenters. The summed E-state index contributed by atoms with van der Waals surface area (Å²) in [5.74, 6) is 1.14. The van der Waals surface area contributed by atoms with Crippen LogP contribution in [-0.4, -0.2) is 29.6 Å². The zero-order chi connectivity index (χ0) is 13.8. The van der Waals surface area contributed by atoms with Crippen molar-refractivity contribution >= 4 is 0 Å². The lowest BCUT2D eigenvalue weighted by Gasteiger charge is -2.39. The lowest BCUT2D eigenvalue weighted by atomic mass is 9.70. The highest BCUT2D eigenvalue weighted by atomic mass is 16.3. The molecule has 2 aliphatic rings. The van der Waals surface area contributed by atoms with E-state index >= 15 is 0 Å². The number of hydrogen-bond acceptors (Lipinski definition) is 2. The predicted octanol–water partition coefficient (Wildman–Crippen LogP) is 3.24. The highest BCUT2D eigenvalue weighted by Gasteiger charge is 2.49. The summed E-state index contributed by atoms with van der Waals surface area (Å²) in [6.07, 6.45) is 3.67. The Kier molecular flexibility index (Phi) is 2.90. The van der Waals surface area contributed by atoms with Crippen LogP contribution < -0.4 is 0 Å². The summed E-state index contributed by atoms with van der Waals surface area (Å²) in [7, 11) is 2.26. The Morgan fingerprint density at radius 1 is 1.32 bits per heavy atom. The Labute approximate surface area is 116 Å². The molecule has 2 nitrogen and oxygen atoms in total. The number of aryl methyl sites for hydroxylation is 1. The number of likely N-dealkylation sites (N-methyl/N-ethyl adjacent to an activating group) is 1. The Morgan fingerprint density at radius 3 is 2.79 bits per heavy atom. The lowest BCUT2D eigenvalue weighted by molar-refractivity contribution is 0.172. The summed E-state index contributed by atoms with van der Waals surface area (Å²) >= 11 is 0. The minimum atomic E-state index is 0.186. The average Bonchev–Trinajstić information content (AvgIpc) is 2.62. The van der Waals surface area contributed by atoms with Crippen molar-refractivity contribution in [3.8, 4) is 5.75 Å². The van der Waals surface area contributed by atoms with Crippen molar-refractivity contribution in [1.29, 1.82) is 0 Å². The SMILES string of the molecule is Cc1cc2c(cc1O)C1(C)C(C)CCC1N(C)CC2. The van der Waals surface area contributed by atoms with Gasteiger partial charge >= 0.3 is 0 Å². The van der Waals surface area contributed by atoms with E-state index in [0.717, 1.165) is 18.5 Å². The number of rotatable bonds is 0. The van der Waals surface area contributed by atoms with Crippen LogP contribution in [0, 0.1) is 12.8 Å². The van der Waals surface area contributed by atoms with Gasteiger partial charge in [0.05, 0.1) is 0 Å². The molecule has 0 amide bonds. The summed E-state index contributed by atoms with van der Waals surface area (Å²) in [6, 6.07) is 4.88. The monoisotopic (exact) mass is 259 g/mol. The molecule has 1 aromatic rings. The van der Waals surface area contributed by atoms with Gasteiger partial charge in [0, 0.05) is 18.0 Å². The van der Waals surface area contributed by atoms with Gasteiger partial charge in [-0.15, -0.1) is 0 Å². The fourth-order valence-electron chi connectivity index (χ4n) is 4.38. The molecule has 0 aromatic heterocycles. The third-order valence-corrected chi connectivity index (χ3v) is 5.86. The molecule has 1 aliphatic carbocycles. The molecule has 1 saturated carbocycles. The molecule has 1 fully saturated rings. The second-order valence-electron chi connectivity index (χ2n) is 6.80. The topological polar surface area (TPSA) is 23.5 Å². The van der Waals surface area contributed by atoms with Crippen molar-refractivity contribution in [3.05, 3.63) is 28.8 Å². The van der Waals surface area contributed by atoms with Crippen LogP contribution in [0.4, 0.5) is 0 Å². The number of phenolic OH excluding ortho intramolecular Hbond substituents is 1. The fraction of sp³-hybridized carbons (Fsp3) is 0.647. The van der Waals surface area contributed by atoms with E-state index < -0.39 is 0 Å². The van der Waals surface area contributed by atoms with Crippen LogP contribution in [0.5, 0.6) is 5.75 Å². The van der Waals surface area contributed by atoms with Gasteiger partial charge in [-0.2, -0.15) is 0 Å². The first-order valence-electron chi connectivity index (χ1n) is 7.47. The normalized spacial score (nSPS) is 34.7. The van der Waals surface area contributed by atoms with E-state index in [0.29, 0.717) is 17.7 Å². The number of benzene rings is 1. The summed E-state index contributed by atoms with van der Waals surface area (Å²) in [5, 5.41) is 10.1. The molecule has 1 N–H and O–H groups in total. The molecule has 0 radical (unpaired) electrons. The number of aromatic hydroxyl groups is 1. The average molecular weight is 259 g/mol. The van der Waals surface area contributed by atoms with Crippen molar-refractivity contribution in [2.45, 2.75) is 51.5 Å². The van der Waals surface area contributed by atoms with Gasteiger partial charge in [0.25, 0.3) is 0 Å². The molecule has 0 bridgehead atoms. The van der Waals surface area contributed by atoms with Crippen molar-refractivity contribution in [1.82, 2.24) is 4.90 Å². The van der Waals surface area contributed by atoms with Crippen molar-refractivity contribution in [2.75, 3.05) is 13.6 Å². The quantitative estimate of drug-likeness (QED) is 0.773. The van der Waals surface area contributed by atoms with Crippen LogP contribution in [0.2, 0.25) is 0 Å². The Morgan fingerprint density at radius 2 is 2.05 bits per heavy atom. The number of fused-ring (bicyclic) bond motifs is 3. The first-order valence-corrected chi connectivity index (χ1v) is 7.47. The molecule has 2 heteroatoms. The van der Waals surface area contributed by atoms with E-state index in [-0.39, 0.29) is 5.41 Å². The third-order valence-electron chi connectivity index (χ3n) is 5.86. The predicted molar refractivity (Wildman–Crippen MR) is 78.7 cm³/mol. The molecule has 3 rings (SSSR count). The van der Waals surface area contributed by atoms with Gasteiger partial charge in [-0.25, -0.2) is 0 Å². The van der Waals surface area contributed by atoms with Crippen LogP contribution in [0.25, 0.3) is 0 Å². The maximum absolute atomic E-state index is 10.1. The summed E-state index contributed by atoms with van der Waals surface area (Å²) in [6.45, 7) is 7.91. The van der Waals surface area contributed by atoms with Crippen molar-refractivity contribution in [3.63, 3.8) is 0 Å². The molecular weight excluding hydrogens is 234 g/mol. The van der Waals surface area contributed by atoms with E-state index in [1.165, 1.54) is 24.0 Å². The standard InChI is InChI=1S/C17H25NO/c1-11-9-13-7-8-18(4)16-6-5-12(2)17(16,3)14(13)10-15(11)19/h9-10,12,16,19H,5-8H2,1-4H3. The minimum Gasteiger partial charge on any atom is -0.508 e. The van der Waals surface area contributed by atoms with Crippen LogP contribution in [0.15, 0.2) is 12.1 Å². The van der Waals surface area contributed by atoms with Crippen LogP contribution in [0.1, 0.15) is 43.4 Å². The smallest absolute Gasteiger partial charge is 0.118 e. The summed E-state index contributed by atoms with van der Waals surface area (Å²) < 4.78 is 0. The summed E-state index contributed by atoms with van der Waals surface area (Å²) in [5.41, 5.74) is 4.04. The first-order chi connectivity index (χ1) is 8.94. The van der Waals surface area contributed by atoms with Gasteiger partial charge in [0.2, 0.25) is 0 Å².